The molecule has 0 aliphatic carbocycles. The van der Waals surface area contributed by atoms with Gasteiger partial charge in [0.2, 0.25) is 0 Å². The van der Waals surface area contributed by atoms with Crippen LogP contribution in [0, 0.1) is 0 Å². The number of carbonyl (C=O) groups excluding carboxylic acids is 2. The standard InChI is InChI=1S/C20H22N4O3/c1-23-17(26)21-19(15-9-4-2-5-10-15)20(23,16-11-6-3-7-12-16)24(13-8-14-25)18(27)22-19/h2-7,9-12,25H,8,13-14H2,1H3,(H,21,26)(H,22,27). The highest BCUT2D eigenvalue weighted by Gasteiger charge is 2.72. The molecule has 0 aromatic heterocycles. The summed E-state index contributed by atoms with van der Waals surface area (Å²) in [6.07, 6.45) is 0.412. The van der Waals surface area contributed by atoms with Crippen LogP contribution < -0.4 is 10.6 Å². The van der Waals surface area contributed by atoms with E-state index < -0.39 is 11.3 Å². The average Bonchev–Trinajstić information content (AvgIpc) is 3.08. The number of nitrogens with one attached hydrogen (secondary N) is 2. The number of carbonyl (C=O) groups is 2. The van der Waals surface area contributed by atoms with Crippen molar-refractivity contribution in [3.8, 4) is 0 Å². The molecule has 2 atom stereocenters. The van der Waals surface area contributed by atoms with Crippen LogP contribution in [0.5, 0.6) is 0 Å². The molecule has 0 radical (unpaired) electrons. The molecule has 7 nitrogen and oxygen atoms in total. The van der Waals surface area contributed by atoms with Gasteiger partial charge in [-0.25, -0.2) is 9.59 Å². The second kappa shape index (κ2) is 6.28. The van der Waals surface area contributed by atoms with Gasteiger partial charge in [0.25, 0.3) is 0 Å². The number of nitrogens with zero attached hydrogens (tertiary/aromatic N) is 2. The van der Waals surface area contributed by atoms with E-state index in [0.29, 0.717) is 13.0 Å². The summed E-state index contributed by atoms with van der Waals surface area (Å²) in [4.78, 5) is 29.1. The number of hydrogen-bond acceptors (Lipinski definition) is 3. The van der Waals surface area contributed by atoms with E-state index in [9.17, 15) is 14.7 Å². The average molecular weight is 366 g/mol. The minimum Gasteiger partial charge on any atom is -0.396 e. The van der Waals surface area contributed by atoms with Crippen molar-refractivity contribution in [3.05, 3.63) is 71.8 Å². The molecule has 2 aromatic rings. The van der Waals surface area contributed by atoms with Crippen molar-refractivity contribution in [1.29, 1.82) is 0 Å². The third-order valence-electron chi connectivity index (χ3n) is 5.46. The Morgan fingerprint density at radius 3 is 2.04 bits per heavy atom. The van der Waals surface area contributed by atoms with Crippen LogP contribution in [0.25, 0.3) is 0 Å². The molecule has 3 N–H and O–H groups in total. The van der Waals surface area contributed by atoms with Crippen LogP contribution in [0.3, 0.4) is 0 Å². The van der Waals surface area contributed by atoms with E-state index in [0.717, 1.165) is 11.1 Å². The Morgan fingerprint density at radius 2 is 1.44 bits per heavy atom. The Labute approximate surface area is 157 Å². The molecule has 2 aliphatic heterocycles. The molecule has 0 spiro atoms. The smallest absolute Gasteiger partial charge is 0.321 e. The molecule has 7 heteroatoms. The Hall–Kier alpha value is -3.06. The van der Waals surface area contributed by atoms with Gasteiger partial charge in [-0.2, -0.15) is 0 Å². The molecule has 2 unspecified atom stereocenters. The van der Waals surface area contributed by atoms with Crippen molar-refractivity contribution < 1.29 is 14.7 Å². The first-order valence-corrected chi connectivity index (χ1v) is 8.95. The maximum absolute atomic E-state index is 13.1. The Morgan fingerprint density at radius 1 is 0.889 bits per heavy atom. The van der Waals surface area contributed by atoms with Crippen molar-refractivity contribution >= 4 is 12.1 Å². The monoisotopic (exact) mass is 366 g/mol. The van der Waals surface area contributed by atoms with Gasteiger partial charge in [0, 0.05) is 31.3 Å². The maximum Gasteiger partial charge on any atom is 0.321 e. The van der Waals surface area contributed by atoms with Gasteiger partial charge in [0.05, 0.1) is 0 Å². The van der Waals surface area contributed by atoms with E-state index in [1.54, 1.807) is 16.8 Å². The first-order chi connectivity index (χ1) is 13.1. The zero-order valence-corrected chi connectivity index (χ0v) is 15.1. The lowest BCUT2D eigenvalue weighted by Crippen LogP contribution is -2.62. The zero-order valence-electron chi connectivity index (χ0n) is 15.1. The van der Waals surface area contributed by atoms with Crippen LogP contribution >= 0.6 is 0 Å². The minimum absolute atomic E-state index is 0.0436. The van der Waals surface area contributed by atoms with E-state index in [1.165, 1.54) is 0 Å². The van der Waals surface area contributed by atoms with E-state index >= 15 is 0 Å². The third kappa shape index (κ3) is 2.18. The van der Waals surface area contributed by atoms with E-state index in [1.807, 2.05) is 60.7 Å². The van der Waals surface area contributed by atoms with Gasteiger partial charge in [0.1, 0.15) is 0 Å². The summed E-state index contributed by atoms with van der Waals surface area (Å²) in [7, 11) is 1.69. The van der Waals surface area contributed by atoms with Gasteiger partial charge in [-0.1, -0.05) is 60.7 Å². The summed E-state index contributed by atoms with van der Waals surface area (Å²) in [5.41, 5.74) is -0.648. The van der Waals surface area contributed by atoms with Crippen LogP contribution in [0.15, 0.2) is 60.7 Å². The fraction of sp³-hybridized carbons (Fsp3) is 0.300. The molecule has 0 saturated carbocycles. The highest BCUT2D eigenvalue weighted by Crippen LogP contribution is 2.52. The largest absolute Gasteiger partial charge is 0.396 e. The summed E-state index contributed by atoms with van der Waals surface area (Å²) >= 11 is 0. The van der Waals surface area contributed by atoms with Crippen molar-refractivity contribution in [2.75, 3.05) is 20.2 Å². The maximum atomic E-state index is 13.1. The molecule has 0 bridgehead atoms. The molecule has 2 fully saturated rings. The summed E-state index contributed by atoms with van der Waals surface area (Å²) in [6, 6.07) is 18.4. The SMILES string of the molecule is CN1C(=O)NC2(c3ccccc3)NC(=O)N(CCCO)C12c1ccccc1. The molecule has 2 aromatic carbocycles. The molecule has 2 heterocycles. The Bertz CT molecular complexity index is 860. The molecule has 2 saturated heterocycles. The summed E-state index contributed by atoms with van der Waals surface area (Å²) < 4.78 is 0. The van der Waals surface area contributed by atoms with Crippen LogP contribution in [0.1, 0.15) is 17.5 Å². The molecule has 4 amide bonds. The number of aliphatic hydroxyl groups excluding tert-OH is 1. The second-order valence-corrected chi connectivity index (χ2v) is 6.80. The zero-order chi connectivity index (χ0) is 19.1. The van der Waals surface area contributed by atoms with Gasteiger partial charge < -0.3 is 15.7 Å². The van der Waals surface area contributed by atoms with Gasteiger partial charge in [-0.05, 0) is 6.42 Å². The number of amides is 4. The van der Waals surface area contributed by atoms with E-state index in [2.05, 4.69) is 10.6 Å². The van der Waals surface area contributed by atoms with Gasteiger partial charge in [0.15, 0.2) is 11.3 Å². The molecular weight excluding hydrogens is 344 g/mol. The van der Waals surface area contributed by atoms with Crippen molar-refractivity contribution in [1.82, 2.24) is 20.4 Å². The predicted molar refractivity (Wildman–Crippen MR) is 99.5 cm³/mol. The fourth-order valence-electron chi connectivity index (χ4n) is 4.37. The third-order valence-corrected chi connectivity index (χ3v) is 5.46. The van der Waals surface area contributed by atoms with Crippen LogP contribution in [0.4, 0.5) is 9.59 Å². The van der Waals surface area contributed by atoms with Crippen molar-refractivity contribution in [3.63, 3.8) is 0 Å². The topological polar surface area (TPSA) is 84.9 Å². The van der Waals surface area contributed by atoms with Crippen LogP contribution in [-0.4, -0.2) is 47.2 Å². The summed E-state index contributed by atoms with van der Waals surface area (Å²) in [5.74, 6) is 0. The number of fused-ring (bicyclic) bond motifs is 1. The molecule has 27 heavy (non-hydrogen) atoms. The quantitative estimate of drug-likeness (QED) is 0.754. The Balaban J connectivity index is 2.01. The fourth-order valence-corrected chi connectivity index (χ4v) is 4.37. The lowest BCUT2D eigenvalue weighted by molar-refractivity contribution is -0.00143. The molecule has 2 aliphatic rings. The predicted octanol–water partition coefficient (Wildman–Crippen LogP) is 1.75. The van der Waals surface area contributed by atoms with Crippen molar-refractivity contribution in [2.45, 2.75) is 17.7 Å². The number of benzene rings is 2. The first kappa shape index (κ1) is 17.4. The molecule has 140 valence electrons. The first-order valence-electron chi connectivity index (χ1n) is 8.95. The normalized spacial score (nSPS) is 26.7. The van der Waals surface area contributed by atoms with Gasteiger partial charge in [-0.15, -0.1) is 0 Å². The number of likely N-dealkylation sites (N-methyl/N-ethyl adjacent to an activating group) is 1. The van der Waals surface area contributed by atoms with Gasteiger partial charge >= 0.3 is 12.1 Å². The van der Waals surface area contributed by atoms with Gasteiger partial charge in [-0.3, -0.25) is 9.80 Å². The minimum atomic E-state index is -1.14. The lowest BCUT2D eigenvalue weighted by Gasteiger charge is -2.46. The second-order valence-electron chi connectivity index (χ2n) is 6.80. The van der Waals surface area contributed by atoms with E-state index in [4.69, 9.17) is 0 Å². The Kier molecular flexibility index (Phi) is 4.04. The number of rotatable bonds is 5. The highest BCUT2D eigenvalue weighted by atomic mass is 16.3. The lowest BCUT2D eigenvalue weighted by atomic mass is 9.81. The number of aliphatic hydroxyl groups is 1. The van der Waals surface area contributed by atoms with Crippen LogP contribution in [0.2, 0.25) is 0 Å². The van der Waals surface area contributed by atoms with Crippen molar-refractivity contribution in [2.24, 2.45) is 0 Å². The number of urea groups is 2. The van der Waals surface area contributed by atoms with Crippen LogP contribution in [-0.2, 0) is 11.3 Å². The summed E-state index contributed by atoms with van der Waals surface area (Å²) in [6.45, 7) is 0.267. The highest BCUT2D eigenvalue weighted by molar-refractivity contribution is 5.89. The van der Waals surface area contributed by atoms with E-state index in [-0.39, 0.29) is 18.7 Å². The summed E-state index contributed by atoms with van der Waals surface area (Å²) in [5, 5.41) is 15.4. The number of hydrogen-bond donors (Lipinski definition) is 3. The molecule has 4 rings (SSSR count). The molecular formula is C20H22N4O3.